The molecule has 0 saturated carbocycles. The molecule has 88 valence electrons. The number of pyridine rings is 2. The Kier molecular flexibility index (Phi) is 4.22. The largest absolute Gasteiger partial charge is 0.316 e. The molecule has 0 radical (unpaired) electrons. The smallest absolute Gasteiger partial charge is 0.0270 e. The van der Waals surface area contributed by atoms with Crippen molar-refractivity contribution >= 4 is 0 Å². The van der Waals surface area contributed by atoms with Crippen molar-refractivity contribution in [3.8, 4) is 0 Å². The van der Waals surface area contributed by atoms with Crippen LogP contribution in [0.5, 0.6) is 0 Å². The highest BCUT2D eigenvalue weighted by Crippen LogP contribution is 2.07. The molecule has 3 heteroatoms. The van der Waals surface area contributed by atoms with Crippen molar-refractivity contribution in [3.63, 3.8) is 0 Å². The maximum Gasteiger partial charge on any atom is 0.0270 e. The third kappa shape index (κ3) is 3.64. The fraction of sp³-hybridized carbons (Fsp3) is 0.286. The maximum atomic E-state index is 4.03. The lowest BCUT2D eigenvalue weighted by Gasteiger charge is -2.16. The quantitative estimate of drug-likeness (QED) is 0.847. The Morgan fingerprint density at radius 2 is 1.29 bits per heavy atom. The molecule has 2 aromatic heterocycles. The van der Waals surface area contributed by atoms with E-state index < -0.39 is 0 Å². The Morgan fingerprint density at radius 1 is 0.882 bits per heavy atom. The van der Waals surface area contributed by atoms with E-state index >= 15 is 0 Å². The van der Waals surface area contributed by atoms with Crippen LogP contribution in [0.15, 0.2) is 49.1 Å². The van der Waals surface area contributed by atoms with Gasteiger partial charge in [-0.25, -0.2) is 0 Å². The van der Waals surface area contributed by atoms with E-state index in [-0.39, 0.29) is 0 Å². The Hall–Kier alpha value is -1.74. The van der Waals surface area contributed by atoms with E-state index in [0.717, 1.165) is 12.8 Å². The van der Waals surface area contributed by atoms with Crippen LogP contribution in [0, 0.1) is 0 Å². The number of nitrogens with zero attached hydrogens (tertiary/aromatic N) is 2. The summed E-state index contributed by atoms with van der Waals surface area (Å²) in [5.41, 5.74) is 2.63. The average Bonchev–Trinajstić information content (AvgIpc) is 2.40. The third-order valence-electron chi connectivity index (χ3n) is 2.87. The van der Waals surface area contributed by atoms with Crippen molar-refractivity contribution in [3.05, 3.63) is 60.2 Å². The van der Waals surface area contributed by atoms with Crippen LogP contribution in [-0.4, -0.2) is 23.1 Å². The molecule has 2 rings (SSSR count). The molecule has 0 aromatic carbocycles. The van der Waals surface area contributed by atoms with Gasteiger partial charge >= 0.3 is 0 Å². The first-order chi connectivity index (χ1) is 8.38. The van der Waals surface area contributed by atoms with Crippen molar-refractivity contribution in [2.75, 3.05) is 7.05 Å². The summed E-state index contributed by atoms with van der Waals surface area (Å²) in [4.78, 5) is 8.07. The molecule has 0 spiro atoms. The molecule has 2 aromatic rings. The molecule has 0 atom stereocenters. The second-order valence-electron chi connectivity index (χ2n) is 4.10. The van der Waals surface area contributed by atoms with Crippen molar-refractivity contribution in [2.45, 2.75) is 18.9 Å². The minimum absolute atomic E-state index is 0.444. The van der Waals surface area contributed by atoms with Crippen LogP contribution in [0.2, 0.25) is 0 Å². The lowest BCUT2D eigenvalue weighted by atomic mass is 10.0. The highest BCUT2D eigenvalue weighted by Gasteiger charge is 2.07. The summed E-state index contributed by atoms with van der Waals surface area (Å²) in [6, 6.07) is 8.71. The van der Waals surface area contributed by atoms with E-state index in [2.05, 4.69) is 39.6 Å². The number of hydrogen-bond acceptors (Lipinski definition) is 3. The predicted octanol–water partition coefficient (Wildman–Crippen LogP) is 1.85. The van der Waals surface area contributed by atoms with Gasteiger partial charge < -0.3 is 5.32 Å². The molecular formula is C14H17N3. The predicted molar refractivity (Wildman–Crippen MR) is 68.7 cm³/mol. The van der Waals surface area contributed by atoms with Gasteiger partial charge in [-0.05, 0) is 55.3 Å². The van der Waals surface area contributed by atoms with Crippen LogP contribution in [-0.2, 0) is 12.8 Å². The summed E-state index contributed by atoms with van der Waals surface area (Å²) in [5.74, 6) is 0. The van der Waals surface area contributed by atoms with Crippen LogP contribution in [0.1, 0.15) is 11.1 Å². The monoisotopic (exact) mass is 227 g/mol. The summed E-state index contributed by atoms with van der Waals surface area (Å²) in [7, 11) is 2.01. The third-order valence-corrected chi connectivity index (χ3v) is 2.87. The van der Waals surface area contributed by atoms with E-state index in [9.17, 15) is 0 Å². The zero-order valence-electron chi connectivity index (χ0n) is 10.0. The first kappa shape index (κ1) is 11.7. The fourth-order valence-electron chi connectivity index (χ4n) is 1.88. The number of nitrogens with one attached hydrogen (secondary N) is 1. The van der Waals surface area contributed by atoms with Gasteiger partial charge in [0.25, 0.3) is 0 Å². The van der Waals surface area contributed by atoms with Gasteiger partial charge in [0.1, 0.15) is 0 Å². The lowest BCUT2D eigenvalue weighted by molar-refractivity contribution is 0.556. The van der Waals surface area contributed by atoms with Gasteiger partial charge in [-0.1, -0.05) is 0 Å². The normalized spacial score (nSPS) is 10.7. The molecule has 17 heavy (non-hydrogen) atoms. The summed E-state index contributed by atoms with van der Waals surface area (Å²) >= 11 is 0. The molecular weight excluding hydrogens is 210 g/mol. The number of aromatic nitrogens is 2. The molecule has 0 aliphatic carbocycles. The number of likely N-dealkylation sites (N-methyl/N-ethyl adjacent to an activating group) is 1. The van der Waals surface area contributed by atoms with E-state index in [1.165, 1.54) is 11.1 Å². The molecule has 0 fully saturated rings. The molecule has 2 heterocycles. The summed E-state index contributed by atoms with van der Waals surface area (Å²) < 4.78 is 0. The highest BCUT2D eigenvalue weighted by molar-refractivity contribution is 5.15. The van der Waals surface area contributed by atoms with E-state index in [1.807, 2.05) is 31.8 Å². The van der Waals surface area contributed by atoms with Crippen LogP contribution in [0.4, 0.5) is 0 Å². The van der Waals surface area contributed by atoms with Gasteiger partial charge in [0.05, 0.1) is 0 Å². The standard InChI is InChI=1S/C14H17N3/c1-15-14(10-12-2-6-16-7-3-12)11-13-4-8-17-9-5-13/h2-9,14-15H,10-11H2,1H3. The van der Waals surface area contributed by atoms with Crippen LogP contribution < -0.4 is 5.32 Å². The van der Waals surface area contributed by atoms with Gasteiger partial charge in [-0.2, -0.15) is 0 Å². The Morgan fingerprint density at radius 3 is 1.65 bits per heavy atom. The molecule has 0 bridgehead atoms. The van der Waals surface area contributed by atoms with Crippen molar-refractivity contribution in [2.24, 2.45) is 0 Å². The molecule has 3 nitrogen and oxygen atoms in total. The maximum absolute atomic E-state index is 4.03. The zero-order valence-corrected chi connectivity index (χ0v) is 10.0. The van der Waals surface area contributed by atoms with Crippen LogP contribution in [0.3, 0.4) is 0 Å². The van der Waals surface area contributed by atoms with Gasteiger partial charge in [0, 0.05) is 30.8 Å². The first-order valence-corrected chi connectivity index (χ1v) is 5.83. The number of hydrogen-bond donors (Lipinski definition) is 1. The molecule has 0 aliphatic rings. The van der Waals surface area contributed by atoms with Crippen LogP contribution in [0.25, 0.3) is 0 Å². The molecule has 0 aliphatic heterocycles. The second kappa shape index (κ2) is 6.11. The zero-order chi connectivity index (χ0) is 11.9. The van der Waals surface area contributed by atoms with Crippen molar-refractivity contribution in [1.82, 2.24) is 15.3 Å². The number of rotatable bonds is 5. The summed E-state index contributed by atoms with van der Waals surface area (Å²) in [6.45, 7) is 0. The molecule has 0 saturated heterocycles. The van der Waals surface area contributed by atoms with Crippen LogP contribution >= 0.6 is 0 Å². The molecule has 1 N–H and O–H groups in total. The fourth-order valence-corrected chi connectivity index (χ4v) is 1.88. The first-order valence-electron chi connectivity index (χ1n) is 5.83. The van der Waals surface area contributed by atoms with E-state index in [4.69, 9.17) is 0 Å². The van der Waals surface area contributed by atoms with Gasteiger partial charge in [0.15, 0.2) is 0 Å². The van der Waals surface area contributed by atoms with Gasteiger partial charge in [-0.15, -0.1) is 0 Å². The average molecular weight is 227 g/mol. The van der Waals surface area contributed by atoms with Gasteiger partial charge in [-0.3, -0.25) is 9.97 Å². The highest BCUT2D eigenvalue weighted by atomic mass is 14.9. The minimum Gasteiger partial charge on any atom is -0.316 e. The Balaban J connectivity index is 1.98. The van der Waals surface area contributed by atoms with Gasteiger partial charge in [0.2, 0.25) is 0 Å². The molecule has 0 unspecified atom stereocenters. The van der Waals surface area contributed by atoms with E-state index in [1.54, 1.807) is 0 Å². The Bertz CT molecular complexity index is 386. The van der Waals surface area contributed by atoms with E-state index in [0.29, 0.717) is 6.04 Å². The second-order valence-corrected chi connectivity index (χ2v) is 4.10. The Labute approximate surface area is 102 Å². The SMILES string of the molecule is CNC(Cc1ccncc1)Cc1ccncc1. The lowest BCUT2D eigenvalue weighted by Crippen LogP contribution is -2.29. The minimum atomic E-state index is 0.444. The summed E-state index contributed by atoms with van der Waals surface area (Å²) in [6.07, 6.45) is 9.40. The van der Waals surface area contributed by atoms with Crippen molar-refractivity contribution < 1.29 is 0 Å². The van der Waals surface area contributed by atoms with Crippen molar-refractivity contribution in [1.29, 1.82) is 0 Å². The molecule has 0 amide bonds. The topological polar surface area (TPSA) is 37.8 Å². The summed E-state index contributed by atoms with van der Waals surface area (Å²) in [5, 5.41) is 3.36.